The first kappa shape index (κ1) is 20.4. The molecule has 1 aromatic heterocycles. The van der Waals surface area contributed by atoms with Gasteiger partial charge in [0.05, 0.1) is 6.54 Å². The standard InChI is InChI=1S/C22H32N4O2/c1-18(15-23-22(27)17-26-14-6-13-24-26)28-21-11-9-19(10-12-21)16-25(2)20-7-4-3-5-8-20/h6,9-14,18,20H,3-5,7-8,15-17H2,1-2H3,(H,23,27)/t18-/m1/s1. The maximum Gasteiger partial charge on any atom is 0.241 e. The van der Waals surface area contributed by atoms with Gasteiger partial charge in [0, 0.05) is 25.0 Å². The second-order valence-corrected chi connectivity index (χ2v) is 7.79. The van der Waals surface area contributed by atoms with E-state index in [1.165, 1.54) is 37.7 Å². The Hall–Kier alpha value is -2.34. The van der Waals surface area contributed by atoms with E-state index in [1.54, 1.807) is 23.1 Å². The third-order valence-electron chi connectivity index (χ3n) is 5.34. The maximum absolute atomic E-state index is 11.9. The molecule has 3 rings (SSSR count). The number of carbonyl (C=O) groups is 1. The van der Waals surface area contributed by atoms with E-state index in [2.05, 4.69) is 34.5 Å². The number of benzene rings is 1. The molecule has 0 saturated heterocycles. The molecule has 1 amide bonds. The van der Waals surface area contributed by atoms with Gasteiger partial charge in [-0.3, -0.25) is 14.4 Å². The third kappa shape index (κ3) is 6.37. The number of hydrogen-bond acceptors (Lipinski definition) is 4. The summed E-state index contributed by atoms with van der Waals surface area (Å²) in [7, 11) is 2.23. The molecule has 1 aromatic carbocycles. The average molecular weight is 385 g/mol. The number of amides is 1. The zero-order valence-corrected chi connectivity index (χ0v) is 17.0. The number of nitrogens with zero attached hydrogens (tertiary/aromatic N) is 3. The van der Waals surface area contributed by atoms with Gasteiger partial charge in [-0.1, -0.05) is 31.4 Å². The summed E-state index contributed by atoms with van der Waals surface area (Å²) in [6.07, 6.45) is 10.1. The van der Waals surface area contributed by atoms with Crippen LogP contribution in [0.15, 0.2) is 42.7 Å². The van der Waals surface area contributed by atoms with E-state index in [4.69, 9.17) is 4.74 Å². The van der Waals surface area contributed by atoms with Crippen LogP contribution in [0.5, 0.6) is 5.75 Å². The van der Waals surface area contributed by atoms with Crippen LogP contribution >= 0.6 is 0 Å². The van der Waals surface area contributed by atoms with Crippen LogP contribution in [-0.2, 0) is 17.9 Å². The van der Waals surface area contributed by atoms with Crippen molar-refractivity contribution in [3.05, 3.63) is 48.3 Å². The molecule has 28 heavy (non-hydrogen) atoms. The van der Waals surface area contributed by atoms with Gasteiger partial charge in [-0.05, 0) is 50.6 Å². The van der Waals surface area contributed by atoms with E-state index in [1.807, 2.05) is 19.1 Å². The van der Waals surface area contributed by atoms with Crippen LogP contribution in [0.4, 0.5) is 0 Å². The summed E-state index contributed by atoms with van der Waals surface area (Å²) in [5.74, 6) is 0.762. The van der Waals surface area contributed by atoms with Crippen LogP contribution < -0.4 is 10.1 Å². The zero-order valence-electron chi connectivity index (χ0n) is 17.0. The highest BCUT2D eigenvalue weighted by molar-refractivity contribution is 5.75. The van der Waals surface area contributed by atoms with Gasteiger partial charge < -0.3 is 10.1 Å². The number of rotatable bonds is 9. The minimum Gasteiger partial charge on any atom is -0.489 e. The van der Waals surface area contributed by atoms with Crippen LogP contribution in [-0.4, -0.2) is 46.3 Å². The first-order valence-electron chi connectivity index (χ1n) is 10.3. The van der Waals surface area contributed by atoms with E-state index >= 15 is 0 Å². The fourth-order valence-electron chi connectivity index (χ4n) is 3.74. The summed E-state index contributed by atoms with van der Waals surface area (Å²) in [6, 6.07) is 10.8. The second kappa shape index (κ2) is 10.3. The molecule has 1 heterocycles. The lowest BCUT2D eigenvalue weighted by Crippen LogP contribution is -2.35. The van der Waals surface area contributed by atoms with Crippen molar-refractivity contribution in [2.45, 2.75) is 64.3 Å². The molecule has 1 aliphatic carbocycles. The molecule has 1 fully saturated rings. The third-order valence-corrected chi connectivity index (χ3v) is 5.34. The molecular weight excluding hydrogens is 352 g/mol. The summed E-state index contributed by atoms with van der Waals surface area (Å²) >= 11 is 0. The lowest BCUT2D eigenvalue weighted by Gasteiger charge is -2.31. The molecule has 2 aromatic rings. The highest BCUT2D eigenvalue weighted by Crippen LogP contribution is 2.23. The van der Waals surface area contributed by atoms with Crippen LogP contribution in [0, 0.1) is 0 Å². The van der Waals surface area contributed by atoms with Gasteiger partial charge in [0.25, 0.3) is 0 Å². The summed E-state index contributed by atoms with van der Waals surface area (Å²) in [6.45, 7) is 3.62. The Morgan fingerprint density at radius 1 is 1.29 bits per heavy atom. The summed E-state index contributed by atoms with van der Waals surface area (Å²) in [5.41, 5.74) is 1.31. The smallest absolute Gasteiger partial charge is 0.241 e. The Kier molecular flexibility index (Phi) is 7.48. The Balaban J connectivity index is 1.39. The minimum absolute atomic E-state index is 0.0692. The number of ether oxygens (including phenoxy) is 1. The van der Waals surface area contributed by atoms with Gasteiger partial charge in [-0.15, -0.1) is 0 Å². The van der Waals surface area contributed by atoms with Gasteiger partial charge in [-0.25, -0.2) is 0 Å². The molecule has 6 heteroatoms. The molecule has 152 valence electrons. The first-order valence-corrected chi connectivity index (χ1v) is 10.3. The average Bonchev–Trinajstić information content (AvgIpc) is 3.21. The number of carbonyl (C=O) groups excluding carboxylic acids is 1. The van der Waals surface area contributed by atoms with Crippen LogP contribution in [0.3, 0.4) is 0 Å². The highest BCUT2D eigenvalue weighted by atomic mass is 16.5. The molecule has 0 bridgehead atoms. The largest absolute Gasteiger partial charge is 0.489 e. The fraction of sp³-hybridized carbons (Fsp3) is 0.545. The van der Waals surface area contributed by atoms with E-state index in [9.17, 15) is 4.79 Å². The van der Waals surface area contributed by atoms with E-state index in [0.717, 1.165) is 18.3 Å². The number of nitrogens with one attached hydrogen (secondary N) is 1. The van der Waals surface area contributed by atoms with Gasteiger partial charge in [0.15, 0.2) is 0 Å². The number of hydrogen-bond donors (Lipinski definition) is 1. The Labute approximate surface area is 167 Å². The number of aromatic nitrogens is 2. The Morgan fingerprint density at radius 2 is 2.04 bits per heavy atom. The summed E-state index contributed by atoms with van der Waals surface area (Å²) in [4.78, 5) is 14.4. The van der Waals surface area contributed by atoms with Crippen LogP contribution in [0.1, 0.15) is 44.6 Å². The van der Waals surface area contributed by atoms with Crippen LogP contribution in [0.25, 0.3) is 0 Å². The SMILES string of the molecule is C[C@H](CNC(=O)Cn1cccn1)Oc1ccc(CN(C)C2CCCCC2)cc1. The van der Waals surface area contributed by atoms with Crippen molar-refractivity contribution in [1.29, 1.82) is 0 Å². The van der Waals surface area contributed by atoms with Crippen molar-refractivity contribution in [2.75, 3.05) is 13.6 Å². The van der Waals surface area contributed by atoms with Gasteiger partial charge in [0.2, 0.25) is 5.91 Å². The fourth-order valence-corrected chi connectivity index (χ4v) is 3.74. The van der Waals surface area contributed by atoms with Crippen molar-refractivity contribution in [1.82, 2.24) is 20.0 Å². The summed E-state index contributed by atoms with van der Waals surface area (Å²) < 4.78 is 7.53. The predicted octanol–water partition coefficient (Wildman–Crippen LogP) is 3.23. The van der Waals surface area contributed by atoms with Gasteiger partial charge >= 0.3 is 0 Å². The normalized spacial score (nSPS) is 16.1. The molecule has 0 unspecified atom stereocenters. The maximum atomic E-state index is 11.9. The monoisotopic (exact) mass is 384 g/mol. The van der Waals surface area contributed by atoms with Crippen molar-refractivity contribution in [2.24, 2.45) is 0 Å². The lowest BCUT2D eigenvalue weighted by atomic mass is 9.94. The van der Waals surface area contributed by atoms with Crippen molar-refractivity contribution >= 4 is 5.91 Å². The molecule has 6 nitrogen and oxygen atoms in total. The van der Waals surface area contributed by atoms with Gasteiger partial charge in [-0.2, -0.15) is 5.10 Å². The Bertz CT molecular complexity index is 709. The minimum atomic E-state index is -0.0997. The quantitative estimate of drug-likeness (QED) is 0.721. The topological polar surface area (TPSA) is 59.4 Å². The molecule has 0 aliphatic heterocycles. The molecule has 1 N–H and O–H groups in total. The Morgan fingerprint density at radius 3 is 2.71 bits per heavy atom. The van der Waals surface area contributed by atoms with Crippen molar-refractivity contribution < 1.29 is 9.53 Å². The zero-order chi connectivity index (χ0) is 19.8. The molecule has 1 saturated carbocycles. The van der Waals surface area contributed by atoms with Crippen LogP contribution in [0.2, 0.25) is 0 Å². The van der Waals surface area contributed by atoms with E-state index < -0.39 is 0 Å². The molecular formula is C22H32N4O2. The molecule has 1 aliphatic rings. The second-order valence-electron chi connectivity index (χ2n) is 7.79. The summed E-state index contributed by atoms with van der Waals surface area (Å²) in [5, 5.41) is 6.91. The first-order chi connectivity index (χ1) is 13.6. The van der Waals surface area contributed by atoms with Crippen molar-refractivity contribution in [3.63, 3.8) is 0 Å². The van der Waals surface area contributed by atoms with E-state index in [0.29, 0.717) is 6.54 Å². The van der Waals surface area contributed by atoms with E-state index in [-0.39, 0.29) is 18.6 Å². The predicted molar refractivity (Wildman–Crippen MR) is 110 cm³/mol. The highest BCUT2D eigenvalue weighted by Gasteiger charge is 2.18. The molecule has 0 radical (unpaired) electrons. The molecule has 0 spiro atoms. The molecule has 1 atom stereocenters. The lowest BCUT2D eigenvalue weighted by molar-refractivity contribution is -0.122. The van der Waals surface area contributed by atoms with Crippen molar-refractivity contribution in [3.8, 4) is 5.75 Å². The van der Waals surface area contributed by atoms with Gasteiger partial charge in [0.1, 0.15) is 18.4 Å².